The van der Waals surface area contributed by atoms with Crippen LogP contribution in [0.15, 0.2) is 42.9 Å². The minimum atomic E-state index is 0.835. The summed E-state index contributed by atoms with van der Waals surface area (Å²) in [6.45, 7) is 4.75. The molecular weight excluding hydrogens is 236 g/mol. The van der Waals surface area contributed by atoms with Gasteiger partial charge in [-0.15, -0.1) is 0 Å². The minimum absolute atomic E-state index is 0.835. The maximum atomic E-state index is 4.41. The molecule has 1 N–H and O–H groups in total. The molecule has 0 aliphatic heterocycles. The Bertz CT molecular complexity index is 499. The molecule has 2 heterocycles. The summed E-state index contributed by atoms with van der Waals surface area (Å²) in [5.74, 6) is 0. The summed E-state index contributed by atoms with van der Waals surface area (Å²) in [4.78, 5) is 10.7. The number of hydrogen-bond donors (Lipinski definition) is 1. The van der Waals surface area contributed by atoms with Crippen LogP contribution in [0, 0.1) is 0 Å². The summed E-state index contributed by atoms with van der Waals surface area (Å²) >= 11 is 0. The van der Waals surface area contributed by atoms with Crippen molar-refractivity contribution in [1.29, 1.82) is 0 Å². The Kier molecular flexibility index (Phi) is 4.86. The monoisotopic (exact) mass is 256 g/mol. The van der Waals surface area contributed by atoms with E-state index >= 15 is 0 Å². The summed E-state index contributed by atoms with van der Waals surface area (Å²) in [6, 6.07) is 8.18. The molecule has 0 aliphatic carbocycles. The second-order valence-electron chi connectivity index (χ2n) is 4.59. The van der Waals surface area contributed by atoms with Crippen molar-refractivity contribution in [2.75, 3.05) is 18.9 Å². The third-order valence-corrected chi connectivity index (χ3v) is 2.83. The smallest absolute Gasteiger partial charge is 0.0564 e. The largest absolute Gasteiger partial charge is 0.385 e. The molecule has 0 spiro atoms. The molecule has 0 unspecified atom stereocenters. The van der Waals surface area contributed by atoms with Crippen LogP contribution in [0.4, 0.5) is 5.69 Å². The molecule has 2 rings (SSSR count). The highest BCUT2D eigenvalue weighted by Gasteiger charge is 2.03. The van der Waals surface area contributed by atoms with Crippen LogP contribution in [-0.4, -0.2) is 28.5 Å². The number of rotatable bonds is 6. The Hall–Kier alpha value is -1.94. The number of nitrogens with zero attached hydrogens (tertiary/aromatic N) is 3. The van der Waals surface area contributed by atoms with Gasteiger partial charge in [-0.25, -0.2) is 0 Å². The van der Waals surface area contributed by atoms with Gasteiger partial charge in [-0.1, -0.05) is 0 Å². The first-order valence-electron chi connectivity index (χ1n) is 6.54. The fourth-order valence-corrected chi connectivity index (χ4v) is 2.01. The average Bonchev–Trinajstić information content (AvgIpc) is 2.40. The van der Waals surface area contributed by atoms with E-state index in [-0.39, 0.29) is 0 Å². The van der Waals surface area contributed by atoms with Gasteiger partial charge in [0.1, 0.15) is 0 Å². The van der Waals surface area contributed by atoms with E-state index in [2.05, 4.69) is 40.2 Å². The van der Waals surface area contributed by atoms with Gasteiger partial charge >= 0.3 is 0 Å². The normalized spacial score (nSPS) is 10.7. The van der Waals surface area contributed by atoms with Crippen molar-refractivity contribution in [1.82, 2.24) is 14.9 Å². The van der Waals surface area contributed by atoms with E-state index < -0.39 is 0 Å². The number of aromatic nitrogens is 2. The van der Waals surface area contributed by atoms with Gasteiger partial charge < -0.3 is 5.32 Å². The lowest BCUT2D eigenvalue weighted by atomic mass is 10.2. The van der Waals surface area contributed by atoms with E-state index in [9.17, 15) is 0 Å². The predicted molar refractivity (Wildman–Crippen MR) is 77.8 cm³/mol. The van der Waals surface area contributed by atoms with Crippen molar-refractivity contribution < 1.29 is 0 Å². The van der Waals surface area contributed by atoms with Gasteiger partial charge in [-0.2, -0.15) is 0 Å². The zero-order valence-electron chi connectivity index (χ0n) is 11.5. The molecular formula is C15H20N4. The number of nitrogens with one attached hydrogen (secondary N) is 1. The lowest BCUT2D eigenvalue weighted by molar-refractivity contribution is 0.315. The molecule has 2 aromatic heterocycles. The van der Waals surface area contributed by atoms with E-state index in [1.807, 2.05) is 36.8 Å². The van der Waals surface area contributed by atoms with Crippen LogP contribution in [0.1, 0.15) is 18.2 Å². The Balaban J connectivity index is 1.95. The van der Waals surface area contributed by atoms with E-state index in [1.165, 1.54) is 5.56 Å². The zero-order chi connectivity index (χ0) is 13.5. The highest BCUT2D eigenvalue weighted by atomic mass is 15.1. The Morgan fingerprint density at radius 3 is 2.63 bits per heavy atom. The third-order valence-electron chi connectivity index (χ3n) is 2.83. The SMILES string of the molecule is CCNc1ccnc(CN(C)Cc2ccncc2)c1. The van der Waals surface area contributed by atoms with E-state index in [1.54, 1.807) is 0 Å². The molecule has 4 heteroatoms. The molecule has 0 amide bonds. The van der Waals surface area contributed by atoms with Crippen molar-refractivity contribution in [2.24, 2.45) is 0 Å². The topological polar surface area (TPSA) is 41.1 Å². The Labute approximate surface area is 114 Å². The van der Waals surface area contributed by atoms with Crippen LogP contribution in [-0.2, 0) is 13.1 Å². The highest BCUT2D eigenvalue weighted by molar-refractivity contribution is 5.42. The molecule has 0 fully saturated rings. The maximum Gasteiger partial charge on any atom is 0.0564 e. The molecule has 0 atom stereocenters. The lowest BCUT2D eigenvalue weighted by Gasteiger charge is -2.16. The number of anilines is 1. The average molecular weight is 256 g/mol. The Morgan fingerprint density at radius 2 is 1.89 bits per heavy atom. The standard InChI is InChI=1S/C15H20N4/c1-3-17-14-6-9-18-15(10-14)12-19(2)11-13-4-7-16-8-5-13/h4-10H,3,11-12H2,1-2H3,(H,17,18). The molecule has 0 saturated heterocycles. The molecule has 19 heavy (non-hydrogen) atoms. The Morgan fingerprint density at radius 1 is 1.11 bits per heavy atom. The number of pyridine rings is 2. The highest BCUT2D eigenvalue weighted by Crippen LogP contribution is 2.10. The molecule has 0 aromatic carbocycles. The van der Waals surface area contributed by atoms with E-state index in [0.29, 0.717) is 0 Å². The van der Waals surface area contributed by atoms with Crippen LogP contribution in [0.3, 0.4) is 0 Å². The van der Waals surface area contributed by atoms with Gasteiger partial charge in [0.2, 0.25) is 0 Å². The van der Waals surface area contributed by atoms with Crippen LogP contribution < -0.4 is 5.32 Å². The van der Waals surface area contributed by atoms with Gasteiger partial charge in [-0.05, 0) is 43.8 Å². The van der Waals surface area contributed by atoms with Crippen molar-refractivity contribution >= 4 is 5.69 Å². The molecule has 2 aromatic rings. The van der Waals surface area contributed by atoms with Crippen LogP contribution in [0.5, 0.6) is 0 Å². The van der Waals surface area contributed by atoms with E-state index in [0.717, 1.165) is 31.0 Å². The second-order valence-corrected chi connectivity index (χ2v) is 4.59. The zero-order valence-corrected chi connectivity index (χ0v) is 11.5. The van der Waals surface area contributed by atoms with Crippen LogP contribution in [0.2, 0.25) is 0 Å². The quantitative estimate of drug-likeness (QED) is 0.862. The van der Waals surface area contributed by atoms with E-state index in [4.69, 9.17) is 0 Å². The third kappa shape index (κ3) is 4.34. The van der Waals surface area contributed by atoms with Gasteiger partial charge in [0.05, 0.1) is 5.69 Å². The van der Waals surface area contributed by atoms with Crippen molar-refractivity contribution in [2.45, 2.75) is 20.0 Å². The summed E-state index contributed by atoms with van der Waals surface area (Å²) in [6.07, 6.45) is 5.51. The molecule has 4 nitrogen and oxygen atoms in total. The van der Waals surface area contributed by atoms with Crippen molar-refractivity contribution in [3.63, 3.8) is 0 Å². The van der Waals surface area contributed by atoms with Crippen LogP contribution >= 0.6 is 0 Å². The van der Waals surface area contributed by atoms with Gasteiger partial charge in [0.15, 0.2) is 0 Å². The summed E-state index contributed by atoms with van der Waals surface area (Å²) in [5, 5.41) is 3.30. The summed E-state index contributed by atoms with van der Waals surface area (Å²) in [7, 11) is 2.10. The molecule has 0 saturated carbocycles. The van der Waals surface area contributed by atoms with Gasteiger partial charge in [0, 0.05) is 43.9 Å². The molecule has 0 aliphatic rings. The summed E-state index contributed by atoms with van der Waals surface area (Å²) in [5.41, 5.74) is 3.47. The fraction of sp³-hybridized carbons (Fsp3) is 0.333. The van der Waals surface area contributed by atoms with Crippen molar-refractivity contribution in [3.8, 4) is 0 Å². The van der Waals surface area contributed by atoms with Gasteiger partial charge in [0.25, 0.3) is 0 Å². The number of hydrogen-bond acceptors (Lipinski definition) is 4. The molecule has 100 valence electrons. The fourth-order valence-electron chi connectivity index (χ4n) is 2.01. The first-order chi connectivity index (χ1) is 9.28. The van der Waals surface area contributed by atoms with Crippen molar-refractivity contribution in [3.05, 3.63) is 54.1 Å². The lowest BCUT2D eigenvalue weighted by Crippen LogP contribution is -2.18. The van der Waals surface area contributed by atoms with Crippen LogP contribution in [0.25, 0.3) is 0 Å². The minimum Gasteiger partial charge on any atom is -0.385 e. The van der Waals surface area contributed by atoms with Gasteiger partial charge in [-0.3, -0.25) is 14.9 Å². The first-order valence-corrected chi connectivity index (χ1v) is 6.54. The predicted octanol–water partition coefficient (Wildman–Crippen LogP) is 2.54. The maximum absolute atomic E-state index is 4.41. The molecule has 0 bridgehead atoms. The second kappa shape index (κ2) is 6.85. The summed E-state index contributed by atoms with van der Waals surface area (Å²) < 4.78 is 0. The first kappa shape index (κ1) is 13.5. The molecule has 0 radical (unpaired) electrons.